The fraction of sp³-hybridized carbons (Fsp3) is 0.889. The molecule has 0 saturated heterocycles. The molecule has 1 aliphatic rings. The molecule has 1 aliphatic carbocycles. The standard InChI is InChI=1S/C9H15NS/c1-8(10-7-11)9-5-3-2-4-6-9/h8-9H,2-6H2,1H3. The molecule has 0 amide bonds. The highest BCUT2D eigenvalue weighted by molar-refractivity contribution is 7.78. The summed E-state index contributed by atoms with van der Waals surface area (Å²) in [6.07, 6.45) is 6.83. The molecule has 0 aliphatic heterocycles. The highest BCUT2D eigenvalue weighted by Crippen LogP contribution is 2.27. The molecule has 0 aromatic carbocycles. The van der Waals surface area contributed by atoms with Crippen LogP contribution in [0.3, 0.4) is 0 Å². The van der Waals surface area contributed by atoms with Crippen LogP contribution in [-0.2, 0) is 0 Å². The van der Waals surface area contributed by atoms with Crippen molar-refractivity contribution in [3.63, 3.8) is 0 Å². The molecule has 0 aromatic heterocycles. The lowest BCUT2D eigenvalue weighted by Crippen LogP contribution is -2.17. The van der Waals surface area contributed by atoms with Crippen molar-refractivity contribution in [3.8, 4) is 0 Å². The van der Waals surface area contributed by atoms with Gasteiger partial charge in [-0.15, -0.1) is 0 Å². The Hall–Kier alpha value is -0.200. The van der Waals surface area contributed by atoms with Crippen LogP contribution in [0.25, 0.3) is 0 Å². The molecule has 1 unspecified atom stereocenters. The summed E-state index contributed by atoms with van der Waals surface area (Å²) in [7, 11) is 0. The molecule has 0 aromatic rings. The predicted octanol–water partition coefficient (Wildman–Crippen LogP) is 3.06. The van der Waals surface area contributed by atoms with Gasteiger partial charge in [-0.3, -0.25) is 0 Å². The minimum atomic E-state index is 0.410. The van der Waals surface area contributed by atoms with Gasteiger partial charge in [0.2, 0.25) is 0 Å². The van der Waals surface area contributed by atoms with Gasteiger partial charge in [-0.05, 0) is 37.9 Å². The summed E-state index contributed by atoms with van der Waals surface area (Å²) in [4.78, 5) is 4.11. The SMILES string of the molecule is CC(N=C=S)C1CCCCC1. The van der Waals surface area contributed by atoms with Crippen molar-refractivity contribution < 1.29 is 0 Å². The number of thiocarbonyl (C=S) groups is 1. The fourth-order valence-corrected chi connectivity index (χ4v) is 1.97. The summed E-state index contributed by atoms with van der Waals surface area (Å²) in [5.74, 6) is 0.777. The first-order chi connectivity index (χ1) is 5.34. The van der Waals surface area contributed by atoms with Gasteiger partial charge in [0, 0.05) is 0 Å². The van der Waals surface area contributed by atoms with E-state index in [0.29, 0.717) is 6.04 Å². The maximum Gasteiger partial charge on any atom is 0.0602 e. The second-order valence-electron chi connectivity index (χ2n) is 3.36. The quantitative estimate of drug-likeness (QED) is 0.457. The summed E-state index contributed by atoms with van der Waals surface area (Å²) in [5.41, 5.74) is 0. The summed E-state index contributed by atoms with van der Waals surface area (Å²) in [6.45, 7) is 2.15. The van der Waals surface area contributed by atoms with Gasteiger partial charge in [0.05, 0.1) is 11.2 Å². The number of aliphatic imine (C=N–C) groups is 1. The second kappa shape index (κ2) is 4.63. The van der Waals surface area contributed by atoms with Gasteiger partial charge in [-0.1, -0.05) is 19.3 Å². The minimum absolute atomic E-state index is 0.410. The van der Waals surface area contributed by atoms with Crippen molar-refractivity contribution >= 4 is 17.4 Å². The largest absolute Gasteiger partial charge is 0.229 e. The Labute approximate surface area is 73.9 Å². The Morgan fingerprint density at radius 1 is 1.36 bits per heavy atom. The monoisotopic (exact) mass is 169 g/mol. The first-order valence-corrected chi connectivity index (χ1v) is 4.82. The van der Waals surface area contributed by atoms with Gasteiger partial charge < -0.3 is 0 Å². The maximum absolute atomic E-state index is 4.58. The van der Waals surface area contributed by atoms with Crippen LogP contribution in [0.5, 0.6) is 0 Å². The molecule has 11 heavy (non-hydrogen) atoms. The number of nitrogens with zero attached hydrogens (tertiary/aromatic N) is 1. The summed E-state index contributed by atoms with van der Waals surface area (Å²) in [5, 5.41) is 2.47. The van der Waals surface area contributed by atoms with E-state index in [1.165, 1.54) is 32.1 Å². The van der Waals surface area contributed by atoms with Gasteiger partial charge in [0.1, 0.15) is 0 Å². The molecule has 1 saturated carbocycles. The van der Waals surface area contributed by atoms with E-state index in [0.717, 1.165) is 5.92 Å². The van der Waals surface area contributed by atoms with Crippen molar-refractivity contribution in [2.45, 2.75) is 45.1 Å². The third-order valence-corrected chi connectivity index (χ3v) is 2.69. The van der Waals surface area contributed by atoms with Crippen molar-refractivity contribution in [3.05, 3.63) is 0 Å². The topological polar surface area (TPSA) is 12.4 Å². The third-order valence-electron chi connectivity index (χ3n) is 2.59. The number of hydrogen-bond donors (Lipinski definition) is 0. The van der Waals surface area contributed by atoms with Crippen LogP contribution in [0, 0.1) is 5.92 Å². The van der Waals surface area contributed by atoms with Crippen LogP contribution >= 0.6 is 12.2 Å². The van der Waals surface area contributed by atoms with E-state index in [9.17, 15) is 0 Å². The smallest absolute Gasteiger partial charge is 0.0602 e. The first-order valence-electron chi connectivity index (χ1n) is 4.41. The highest BCUT2D eigenvalue weighted by Gasteiger charge is 2.18. The zero-order valence-corrected chi connectivity index (χ0v) is 7.86. The van der Waals surface area contributed by atoms with Crippen molar-refractivity contribution in [1.82, 2.24) is 0 Å². The van der Waals surface area contributed by atoms with Crippen LogP contribution in [0.4, 0.5) is 0 Å². The molecule has 0 radical (unpaired) electrons. The van der Waals surface area contributed by atoms with Crippen LogP contribution in [0.1, 0.15) is 39.0 Å². The van der Waals surface area contributed by atoms with Crippen LogP contribution < -0.4 is 0 Å². The lowest BCUT2D eigenvalue weighted by molar-refractivity contribution is 0.318. The number of rotatable bonds is 2. The molecular formula is C9H15NS. The van der Waals surface area contributed by atoms with Gasteiger partial charge in [-0.2, -0.15) is 0 Å². The van der Waals surface area contributed by atoms with Crippen molar-refractivity contribution in [2.24, 2.45) is 10.9 Å². The molecular weight excluding hydrogens is 154 g/mol. The van der Waals surface area contributed by atoms with E-state index in [-0.39, 0.29) is 0 Å². The van der Waals surface area contributed by atoms with Crippen molar-refractivity contribution in [2.75, 3.05) is 0 Å². The Kier molecular flexibility index (Phi) is 3.74. The lowest BCUT2D eigenvalue weighted by atomic mass is 9.85. The zero-order valence-electron chi connectivity index (χ0n) is 7.05. The average Bonchev–Trinajstić information content (AvgIpc) is 2.07. The Morgan fingerprint density at radius 3 is 2.55 bits per heavy atom. The van der Waals surface area contributed by atoms with Crippen LogP contribution in [-0.4, -0.2) is 11.2 Å². The second-order valence-corrected chi connectivity index (χ2v) is 3.54. The van der Waals surface area contributed by atoms with E-state index in [1.807, 2.05) is 0 Å². The van der Waals surface area contributed by atoms with Crippen LogP contribution in [0.2, 0.25) is 0 Å². The molecule has 1 nitrogen and oxygen atoms in total. The third kappa shape index (κ3) is 2.72. The van der Waals surface area contributed by atoms with E-state index in [1.54, 1.807) is 0 Å². The molecule has 0 spiro atoms. The van der Waals surface area contributed by atoms with Gasteiger partial charge in [0.25, 0.3) is 0 Å². The molecule has 0 N–H and O–H groups in total. The average molecular weight is 169 g/mol. The molecule has 1 atom stereocenters. The molecule has 62 valence electrons. The first kappa shape index (κ1) is 8.89. The van der Waals surface area contributed by atoms with E-state index < -0.39 is 0 Å². The molecule has 1 fully saturated rings. The molecule has 0 heterocycles. The lowest BCUT2D eigenvalue weighted by Gasteiger charge is -2.23. The van der Waals surface area contributed by atoms with E-state index >= 15 is 0 Å². The number of isothiocyanates is 1. The normalized spacial score (nSPS) is 22.3. The molecule has 2 heteroatoms. The fourth-order valence-electron chi connectivity index (χ4n) is 1.81. The Bertz CT molecular complexity index is 155. The summed E-state index contributed by atoms with van der Waals surface area (Å²) in [6, 6.07) is 0.410. The van der Waals surface area contributed by atoms with Gasteiger partial charge in [0.15, 0.2) is 0 Å². The molecule has 1 rings (SSSR count). The van der Waals surface area contributed by atoms with E-state index in [4.69, 9.17) is 0 Å². The Morgan fingerprint density at radius 2 is 2.00 bits per heavy atom. The predicted molar refractivity (Wildman–Crippen MR) is 51.1 cm³/mol. The highest BCUT2D eigenvalue weighted by atomic mass is 32.1. The Balaban J connectivity index is 2.38. The van der Waals surface area contributed by atoms with Gasteiger partial charge in [-0.25, -0.2) is 4.99 Å². The minimum Gasteiger partial charge on any atom is -0.229 e. The molecule has 0 bridgehead atoms. The van der Waals surface area contributed by atoms with Crippen molar-refractivity contribution in [1.29, 1.82) is 0 Å². The zero-order chi connectivity index (χ0) is 8.10. The van der Waals surface area contributed by atoms with E-state index in [2.05, 4.69) is 29.3 Å². The van der Waals surface area contributed by atoms with Gasteiger partial charge >= 0.3 is 0 Å². The van der Waals surface area contributed by atoms with Crippen LogP contribution in [0.15, 0.2) is 4.99 Å². The maximum atomic E-state index is 4.58. The number of hydrogen-bond acceptors (Lipinski definition) is 2. The summed E-state index contributed by atoms with van der Waals surface area (Å²) < 4.78 is 0. The summed E-state index contributed by atoms with van der Waals surface area (Å²) >= 11 is 4.58.